The Hall–Kier alpha value is -4.00. The monoisotopic (exact) mass is 477 g/mol. The Morgan fingerprint density at radius 3 is 1.97 bits per heavy atom. The zero-order chi connectivity index (χ0) is 25.0. The predicted molar refractivity (Wildman–Crippen MR) is 133 cm³/mol. The van der Waals surface area contributed by atoms with Crippen molar-refractivity contribution in [1.29, 1.82) is 0 Å². The second-order valence-electron chi connectivity index (χ2n) is 7.91. The lowest BCUT2D eigenvalue weighted by Crippen LogP contribution is -2.33. The van der Waals surface area contributed by atoms with E-state index in [4.69, 9.17) is 18.9 Å². The number of ether oxygens (including phenoxy) is 4. The van der Waals surface area contributed by atoms with Crippen molar-refractivity contribution in [2.24, 2.45) is 0 Å². The molecule has 1 unspecified atom stereocenters. The van der Waals surface area contributed by atoms with Crippen molar-refractivity contribution in [3.63, 3.8) is 0 Å². The van der Waals surface area contributed by atoms with Gasteiger partial charge in [-0.15, -0.1) is 0 Å². The summed E-state index contributed by atoms with van der Waals surface area (Å²) in [5, 5.41) is 2.99. The van der Waals surface area contributed by atoms with E-state index in [1.54, 1.807) is 12.1 Å². The number of esters is 1. The highest BCUT2D eigenvalue weighted by atomic mass is 16.5. The maximum absolute atomic E-state index is 12.6. The smallest absolute Gasteiger partial charge is 0.306 e. The largest absolute Gasteiger partial charge is 0.493 e. The molecule has 3 aromatic rings. The van der Waals surface area contributed by atoms with Gasteiger partial charge in [0.2, 0.25) is 5.75 Å². The summed E-state index contributed by atoms with van der Waals surface area (Å²) >= 11 is 0. The molecule has 1 amide bonds. The van der Waals surface area contributed by atoms with Crippen molar-refractivity contribution in [2.75, 3.05) is 27.9 Å². The molecule has 0 saturated heterocycles. The SMILES string of the molecule is COc1cc(CCC(=O)OCC(=O)NC(Cc2ccccc2)c2ccccc2)cc(OC)c1OC. The van der Waals surface area contributed by atoms with Crippen molar-refractivity contribution in [3.8, 4) is 17.2 Å². The van der Waals surface area contributed by atoms with Gasteiger partial charge < -0.3 is 24.3 Å². The summed E-state index contributed by atoms with van der Waals surface area (Å²) in [6, 6.07) is 23.0. The number of amides is 1. The summed E-state index contributed by atoms with van der Waals surface area (Å²) in [6.45, 7) is -0.341. The van der Waals surface area contributed by atoms with Gasteiger partial charge in [0.25, 0.3) is 5.91 Å². The second kappa shape index (κ2) is 13.0. The molecule has 0 spiro atoms. The van der Waals surface area contributed by atoms with E-state index in [2.05, 4.69) is 5.32 Å². The molecular weight excluding hydrogens is 446 g/mol. The van der Waals surface area contributed by atoms with Crippen molar-refractivity contribution in [3.05, 3.63) is 89.5 Å². The van der Waals surface area contributed by atoms with E-state index in [1.807, 2.05) is 60.7 Å². The molecule has 7 heteroatoms. The first-order chi connectivity index (χ1) is 17.0. The molecule has 0 aliphatic rings. The molecule has 0 heterocycles. The van der Waals surface area contributed by atoms with E-state index in [0.717, 1.165) is 16.7 Å². The second-order valence-corrected chi connectivity index (χ2v) is 7.91. The van der Waals surface area contributed by atoms with E-state index in [9.17, 15) is 9.59 Å². The van der Waals surface area contributed by atoms with Crippen LogP contribution in [0.1, 0.15) is 29.2 Å². The Kier molecular flexibility index (Phi) is 9.54. The minimum Gasteiger partial charge on any atom is -0.493 e. The fraction of sp³-hybridized carbons (Fsp3) is 0.286. The van der Waals surface area contributed by atoms with Gasteiger partial charge in [-0.1, -0.05) is 60.7 Å². The molecule has 3 aromatic carbocycles. The van der Waals surface area contributed by atoms with Crippen molar-refractivity contribution >= 4 is 11.9 Å². The first kappa shape index (κ1) is 25.6. The van der Waals surface area contributed by atoms with Crippen molar-refractivity contribution in [1.82, 2.24) is 5.32 Å². The summed E-state index contributed by atoms with van der Waals surface area (Å²) in [6.07, 6.45) is 1.14. The molecule has 1 atom stereocenters. The minimum absolute atomic E-state index is 0.109. The van der Waals surface area contributed by atoms with Gasteiger partial charge in [0.1, 0.15) is 0 Å². The Bertz CT molecular complexity index is 1080. The van der Waals surface area contributed by atoms with Crippen LogP contribution in [0.25, 0.3) is 0 Å². The summed E-state index contributed by atoms with van der Waals surface area (Å²) < 4.78 is 21.2. The van der Waals surface area contributed by atoms with E-state index in [0.29, 0.717) is 30.1 Å². The third-order valence-corrected chi connectivity index (χ3v) is 5.53. The number of nitrogens with one attached hydrogen (secondary N) is 1. The van der Waals surface area contributed by atoms with Crippen LogP contribution in [-0.2, 0) is 27.2 Å². The van der Waals surface area contributed by atoms with Gasteiger partial charge >= 0.3 is 5.97 Å². The topological polar surface area (TPSA) is 83.1 Å². The molecule has 0 fully saturated rings. The van der Waals surface area contributed by atoms with Gasteiger partial charge in [-0.2, -0.15) is 0 Å². The van der Waals surface area contributed by atoms with Gasteiger partial charge in [0, 0.05) is 6.42 Å². The average Bonchev–Trinajstić information content (AvgIpc) is 2.90. The van der Waals surface area contributed by atoms with Crippen molar-refractivity contribution < 1.29 is 28.5 Å². The summed E-state index contributed by atoms with van der Waals surface area (Å²) in [7, 11) is 4.60. The van der Waals surface area contributed by atoms with Crippen LogP contribution >= 0.6 is 0 Å². The van der Waals surface area contributed by atoms with Crippen molar-refractivity contribution in [2.45, 2.75) is 25.3 Å². The number of benzene rings is 3. The molecule has 0 bridgehead atoms. The molecule has 1 N–H and O–H groups in total. The predicted octanol–water partition coefficient (Wildman–Crippen LogP) is 4.29. The number of methoxy groups -OCH3 is 3. The van der Waals surface area contributed by atoms with Crippen LogP contribution in [0.3, 0.4) is 0 Å². The van der Waals surface area contributed by atoms with Crippen LogP contribution in [-0.4, -0.2) is 39.8 Å². The lowest BCUT2D eigenvalue weighted by molar-refractivity contribution is -0.148. The van der Waals surface area contributed by atoms with E-state index < -0.39 is 5.97 Å². The Labute approximate surface area is 206 Å². The fourth-order valence-electron chi connectivity index (χ4n) is 3.77. The highest BCUT2D eigenvalue weighted by molar-refractivity contribution is 5.81. The van der Waals surface area contributed by atoms with Gasteiger partial charge in [-0.05, 0) is 41.7 Å². The number of carbonyl (C=O) groups is 2. The third kappa shape index (κ3) is 7.50. The van der Waals surface area contributed by atoms with Crippen LogP contribution in [0.15, 0.2) is 72.8 Å². The molecule has 35 heavy (non-hydrogen) atoms. The van der Waals surface area contributed by atoms with Gasteiger partial charge in [-0.3, -0.25) is 9.59 Å². The first-order valence-corrected chi connectivity index (χ1v) is 11.4. The van der Waals surface area contributed by atoms with Crippen LogP contribution in [0.4, 0.5) is 0 Å². The quantitative estimate of drug-likeness (QED) is 0.392. The number of aryl methyl sites for hydroxylation is 1. The molecular formula is C28H31NO6. The summed E-state index contributed by atoms with van der Waals surface area (Å²) in [5.74, 6) is 0.700. The zero-order valence-electron chi connectivity index (χ0n) is 20.3. The standard InChI is InChI=1S/C28H31NO6/c1-32-24-17-21(18-25(33-2)28(24)34-3)14-15-27(31)35-19-26(30)29-23(22-12-8-5-9-13-22)16-20-10-6-4-7-11-20/h4-13,17-18,23H,14-16,19H2,1-3H3,(H,29,30). The number of hydrogen-bond donors (Lipinski definition) is 1. The molecule has 0 radical (unpaired) electrons. The van der Waals surface area contributed by atoms with Gasteiger partial charge in [0.05, 0.1) is 27.4 Å². The number of carbonyl (C=O) groups excluding carboxylic acids is 2. The number of hydrogen-bond acceptors (Lipinski definition) is 6. The van der Waals surface area contributed by atoms with E-state index >= 15 is 0 Å². The molecule has 3 rings (SSSR count). The molecule has 184 valence electrons. The fourth-order valence-corrected chi connectivity index (χ4v) is 3.77. The third-order valence-electron chi connectivity index (χ3n) is 5.53. The molecule has 0 aromatic heterocycles. The van der Waals surface area contributed by atoms with Crippen LogP contribution in [0.5, 0.6) is 17.2 Å². The Morgan fingerprint density at radius 1 is 0.800 bits per heavy atom. The molecule has 0 aliphatic heterocycles. The minimum atomic E-state index is -0.465. The normalized spacial score (nSPS) is 11.3. The molecule has 7 nitrogen and oxygen atoms in total. The Balaban J connectivity index is 1.55. The van der Waals surface area contributed by atoms with Gasteiger partial charge in [-0.25, -0.2) is 0 Å². The van der Waals surface area contributed by atoms with Crippen LogP contribution < -0.4 is 19.5 Å². The van der Waals surface area contributed by atoms with Crippen LogP contribution in [0.2, 0.25) is 0 Å². The molecule has 0 aliphatic carbocycles. The zero-order valence-corrected chi connectivity index (χ0v) is 20.3. The van der Waals surface area contributed by atoms with E-state index in [1.165, 1.54) is 21.3 Å². The highest BCUT2D eigenvalue weighted by Crippen LogP contribution is 2.38. The molecule has 0 saturated carbocycles. The lowest BCUT2D eigenvalue weighted by atomic mass is 9.99. The van der Waals surface area contributed by atoms with E-state index in [-0.39, 0.29) is 25.0 Å². The summed E-state index contributed by atoms with van der Waals surface area (Å²) in [5.41, 5.74) is 2.91. The van der Waals surface area contributed by atoms with Crippen LogP contribution in [0, 0.1) is 0 Å². The lowest BCUT2D eigenvalue weighted by Gasteiger charge is -2.19. The number of rotatable bonds is 12. The average molecular weight is 478 g/mol. The summed E-state index contributed by atoms with van der Waals surface area (Å²) in [4.78, 5) is 24.9. The van der Waals surface area contributed by atoms with Gasteiger partial charge in [0.15, 0.2) is 18.1 Å². The Morgan fingerprint density at radius 2 is 1.40 bits per heavy atom. The highest BCUT2D eigenvalue weighted by Gasteiger charge is 2.17. The first-order valence-electron chi connectivity index (χ1n) is 11.4. The maximum atomic E-state index is 12.6. The maximum Gasteiger partial charge on any atom is 0.306 e.